The number of ether oxygens (including phenoxy) is 1. The smallest absolute Gasteiger partial charge is 0.338 e. The average molecular weight is 285 g/mol. The van der Waals surface area contributed by atoms with Gasteiger partial charge in [0.05, 0.1) is 11.8 Å². The molecule has 2 aromatic rings. The van der Waals surface area contributed by atoms with Gasteiger partial charge in [-0.3, -0.25) is 4.98 Å². The average Bonchev–Trinajstić information content (AvgIpc) is 2.45. The Labute approximate surface area is 124 Å². The molecule has 1 aromatic carbocycles. The van der Waals surface area contributed by atoms with Gasteiger partial charge in [-0.15, -0.1) is 0 Å². The summed E-state index contributed by atoms with van der Waals surface area (Å²) in [5.74, 6) is 0.407. The minimum Gasteiger partial charge on any atom is -0.456 e. The molecular weight excluding hydrogens is 266 g/mol. The van der Waals surface area contributed by atoms with Crippen LogP contribution < -0.4 is 5.32 Å². The predicted octanol–water partition coefficient (Wildman–Crippen LogP) is 3.04. The molecule has 0 atom stereocenters. The normalized spacial score (nSPS) is 11.0. The SMILES string of the molecule is CC(C)(C)OC(=O)c1ccc(CNc2cnccn2)cc1. The van der Waals surface area contributed by atoms with E-state index in [0.29, 0.717) is 17.9 Å². The molecule has 0 bridgehead atoms. The summed E-state index contributed by atoms with van der Waals surface area (Å²) in [6, 6.07) is 7.31. The van der Waals surface area contributed by atoms with E-state index in [0.717, 1.165) is 5.56 Å². The van der Waals surface area contributed by atoms with Crippen LogP contribution in [0.5, 0.6) is 0 Å². The molecule has 0 radical (unpaired) electrons. The van der Waals surface area contributed by atoms with E-state index in [9.17, 15) is 4.79 Å². The standard InChI is InChI=1S/C16H19N3O2/c1-16(2,3)21-15(20)13-6-4-12(5-7-13)10-19-14-11-17-8-9-18-14/h4-9,11H,10H2,1-3H3,(H,18,19). The van der Waals surface area contributed by atoms with E-state index in [1.54, 1.807) is 30.7 Å². The zero-order valence-electron chi connectivity index (χ0n) is 12.5. The van der Waals surface area contributed by atoms with Crippen LogP contribution in [-0.2, 0) is 11.3 Å². The van der Waals surface area contributed by atoms with Crippen LogP contribution >= 0.6 is 0 Å². The fourth-order valence-corrected chi connectivity index (χ4v) is 1.68. The number of esters is 1. The van der Waals surface area contributed by atoms with Crippen molar-refractivity contribution in [1.82, 2.24) is 9.97 Å². The minimum absolute atomic E-state index is 0.309. The van der Waals surface area contributed by atoms with Crippen molar-refractivity contribution in [2.24, 2.45) is 0 Å². The highest BCUT2D eigenvalue weighted by atomic mass is 16.6. The zero-order valence-corrected chi connectivity index (χ0v) is 12.5. The van der Waals surface area contributed by atoms with Gasteiger partial charge in [-0.25, -0.2) is 9.78 Å². The third-order valence-electron chi connectivity index (χ3n) is 2.63. The molecule has 0 fully saturated rings. The number of hydrogen-bond donors (Lipinski definition) is 1. The van der Waals surface area contributed by atoms with E-state index in [1.165, 1.54) is 0 Å². The molecular formula is C16H19N3O2. The first kappa shape index (κ1) is 15.0. The number of aromatic nitrogens is 2. The lowest BCUT2D eigenvalue weighted by molar-refractivity contribution is 0.00695. The van der Waals surface area contributed by atoms with Crippen molar-refractivity contribution in [1.29, 1.82) is 0 Å². The maximum Gasteiger partial charge on any atom is 0.338 e. The first-order valence-corrected chi connectivity index (χ1v) is 6.76. The second kappa shape index (κ2) is 6.35. The summed E-state index contributed by atoms with van der Waals surface area (Å²) in [4.78, 5) is 20.0. The molecule has 0 saturated carbocycles. The molecule has 110 valence electrons. The van der Waals surface area contributed by atoms with Gasteiger partial charge in [-0.1, -0.05) is 12.1 Å². The third-order valence-corrected chi connectivity index (χ3v) is 2.63. The van der Waals surface area contributed by atoms with Crippen molar-refractivity contribution in [3.05, 3.63) is 54.0 Å². The fourth-order valence-electron chi connectivity index (χ4n) is 1.68. The van der Waals surface area contributed by atoms with Gasteiger partial charge in [-0.05, 0) is 38.5 Å². The Morgan fingerprint density at radius 1 is 1.19 bits per heavy atom. The highest BCUT2D eigenvalue weighted by molar-refractivity contribution is 5.89. The lowest BCUT2D eigenvalue weighted by Gasteiger charge is -2.19. The van der Waals surface area contributed by atoms with Crippen LogP contribution in [0.25, 0.3) is 0 Å². The van der Waals surface area contributed by atoms with E-state index in [2.05, 4.69) is 15.3 Å². The van der Waals surface area contributed by atoms with Crippen LogP contribution in [0.15, 0.2) is 42.9 Å². The summed E-state index contributed by atoms with van der Waals surface area (Å²) < 4.78 is 5.32. The van der Waals surface area contributed by atoms with Gasteiger partial charge in [0, 0.05) is 18.9 Å². The second-order valence-electron chi connectivity index (χ2n) is 5.64. The molecule has 0 aliphatic rings. The maximum atomic E-state index is 11.9. The van der Waals surface area contributed by atoms with Crippen molar-refractivity contribution in [2.45, 2.75) is 32.9 Å². The van der Waals surface area contributed by atoms with Gasteiger partial charge < -0.3 is 10.1 Å². The Morgan fingerprint density at radius 3 is 2.48 bits per heavy atom. The molecule has 5 nitrogen and oxygen atoms in total. The number of carbonyl (C=O) groups is 1. The second-order valence-corrected chi connectivity index (χ2v) is 5.64. The van der Waals surface area contributed by atoms with Crippen LogP contribution in [-0.4, -0.2) is 21.5 Å². The first-order chi connectivity index (χ1) is 9.94. The quantitative estimate of drug-likeness (QED) is 0.875. The topological polar surface area (TPSA) is 64.1 Å². The predicted molar refractivity (Wildman–Crippen MR) is 81.0 cm³/mol. The third kappa shape index (κ3) is 4.87. The summed E-state index contributed by atoms with van der Waals surface area (Å²) in [6.07, 6.45) is 4.92. The summed E-state index contributed by atoms with van der Waals surface area (Å²) in [6.45, 7) is 6.17. The van der Waals surface area contributed by atoms with Gasteiger partial charge >= 0.3 is 5.97 Å². The van der Waals surface area contributed by atoms with Gasteiger partial charge in [0.1, 0.15) is 11.4 Å². The molecule has 0 aliphatic carbocycles. The van der Waals surface area contributed by atoms with Crippen molar-refractivity contribution in [2.75, 3.05) is 5.32 Å². The first-order valence-electron chi connectivity index (χ1n) is 6.76. The summed E-state index contributed by atoms with van der Waals surface area (Å²) >= 11 is 0. The number of anilines is 1. The number of rotatable bonds is 4. The Morgan fingerprint density at radius 2 is 1.90 bits per heavy atom. The Hall–Kier alpha value is -2.43. The Bertz CT molecular complexity index is 589. The van der Waals surface area contributed by atoms with Crippen LogP contribution in [0, 0.1) is 0 Å². The monoisotopic (exact) mass is 285 g/mol. The Balaban J connectivity index is 1.94. The molecule has 0 unspecified atom stereocenters. The minimum atomic E-state index is -0.483. The summed E-state index contributed by atoms with van der Waals surface area (Å²) in [7, 11) is 0. The van der Waals surface area contributed by atoms with E-state index < -0.39 is 5.60 Å². The number of nitrogens with zero attached hydrogens (tertiary/aromatic N) is 2. The Kier molecular flexibility index (Phi) is 4.52. The largest absolute Gasteiger partial charge is 0.456 e. The molecule has 0 spiro atoms. The van der Waals surface area contributed by atoms with Crippen LogP contribution in [0.2, 0.25) is 0 Å². The lowest BCUT2D eigenvalue weighted by Crippen LogP contribution is -2.23. The molecule has 5 heteroatoms. The molecule has 21 heavy (non-hydrogen) atoms. The summed E-state index contributed by atoms with van der Waals surface area (Å²) in [5, 5.41) is 3.16. The number of hydrogen-bond acceptors (Lipinski definition) is 5. The van der Waals surface area contributed by atoms with Crippen LogP contribution in [0.3, 0.4) is 0 Å². The molecule has 0 aliphatic heterocycles. The van der Waals surface area contributed by atoms with Crippen LogP contribution in [0.4, 0.5) is 5.82 Å². The van der Waals surface area contributed by atoms with Gasteiger partial charge in [-0.2, -0.15) is 0 Å². The van der Waals surface area contributed by atoms with Gasteiger partial charge in [0.2, 0.25) is 0 Å². The molecule has 1 aromatic heterocycles. The highest BCUT2D eigenvalue weighted by Crippen LogP contribution is 2.13. The fraction of sp³-hybridized carbons (Fsp3) is 0.312. The van der Waals surface area contributed by atoms with E-state index >= 15 is 0 Å². The molecule has 0 saturated heterocycles. The molecule has 2 rings (SSSR count). The van der Waals surface area contributed by atoms with Gasteiger partial charge in [0.15, 0.2) is 0 Å². The highest BCUT2D eigenvalue weighted by Gasteiger charge is 2.17. The molecule has 0 amide bonds. The maximum absolute atomic E-state index is 11.9. The zero-order chi connectivity index (χ0) is 15.3. The van der Waals surface area contributed by atoms with Gasteiger partial charge in [0.25, 0.3) is 0 Å². The van der Waals surface area contributed by atoms with E-state index in [1.807, 2.05) is 32.9 Å². The van der Waals surface area contributed by atoms with Crippen molar-refractivity contribution >= 4 is 11.8 Å². The van der Waals surface area contributed by atoms with Crippen molar-refractivity contribution in [3.8, 4) is 0 Å². The van der Waals surface area contributed by atoms with Crippen molar-refractivity contribution < 1.29 is 9.53 Å². The number of benzene rings is 1. The van der Waals surface area contributed by atoms with Crippen LogP contribution in [0.1, 0.15) is 36.7 Å². The molecule has 1 heterocycles. The van der Waals surface area contributed by atoms with Crippen molar-refractivity contribution in [3.63, 3.8) is 0 Å². The number of carbonyl (C=O) groups excluding carboxylic acids is 1. The van der Waals surface area contributed by atoms with E-state index in [4.69, 9.17) is 4.74 Å². The summed E-state index contributed by atoms with van der Waals surface area (Å²) in [5.41, 5.74) is 1.12. The van der Waals surface area contributed by atoms with E-state index in [-0.39, 0.29) is 5.97 Å². The number of nitrogens with one attached hydrogen (secondary N) is 1. The molecule has 1 N–H and O–H groups in total. The lowest BCUT2D eigenvalue weighted by atomic mass is 10.1.